The SMILES string of the molecule is N#Cc1cc(NC(C(=O)O)C2CCCCC2)ccn1. The number of pyridine rings is 1. The molecule has 0 bridgehead atoms. The molecule has 0 aliphatic heterocycles. The normalized spacial score (nSPS) is 17.4. The van der Waals surface area contributed by atoms with Gasteiger partial charge in [-0.3, -0.25) is 0 Å². The van der Waals surface area contributed by atoms with Gasteiger partial charge in [-0.25, -0.2) is 9.78 Å². The standard InChI is InChI=1S/C14H17N3O2/c15-9-12-8-11(6-7-16-12)17-13(14(18)19)10-4-2-1-3-5-10/h6-8,10,13H,1-5H2,(H,16,17)(H,18,19). The Kier molecular flexibility index (Phi) is 4.35. The molecule has 1 atom stereocenters. The van der Waals surface area contributed by atoms with Gasteiger partial charge in [-0.15, -0.1) is 0 Å². The van der Waals surface area contributed by atoms with E-state index in [0.717, 1.165) is 25.7 Å². The molecule has 1 heterocycles. The maximum atomic E-state index is 11.4. The summed E-state index contributed by atoms with van der Waals surface area (Å²) in [5, 5.41) is 21.2. The number of nitrogens with zero attached hydrogens (tertiary/aromatic N) is 2. The van der Waals surface area contributed by atoms with Crippen LogP contribution < -0.4 is 5.32 Å². The van der Waals surface area contributed by atoms with Gasteiger partial charge < -0.3 is 10.4 Å². The van der Waals surface area contributed by atoms with Gasteiger partial charge in [-0.1, -0.05) is 19.3 Å². The van der Waals surface area contributed by atoms with Crippen molar-refractivity contribution in [1.29, 1.82) is 5.26 Å². The fourth-order valence-corrected chi connectivity index (χ4v) is 2.61. The van der Waals surface area contributed by atoms with Crippen molar-refractivity contribution in [3.8, 4) is 6.07 Å². The van der Waals surface area contributed by atoms with Gasteiger partial charge in [0.2, 0.25) is 0 Å². The summed E-state index contributed by atoms with van der Waals surface area (Å²) in [4.78, 5) is 15.3. The molecule has 1 saturated carbocycles. The molecule has 5 nitrogen and oxygen atoms in total. The van der Waals surface area contributed by atoms with Crippen LogP contribution in [0.5, 0.6) is 0 Å². The zero-order chi connectivity index (χ0) is 13.7. The Morgan fingerprint density at radius 1 is 1.47 bits per heavy atom. The summed E-state index contributed by atoms with van der Waals surface area (Å²) in [6.07, 6.45) is 6.78. The lowest BCUT2D eigenvalue weighted by molar-refractivity contribution is -0.139. The molecule has 19 heavy (non-hydrogen) atoms. The first-order chi connectivity index (χ1) is 9.20. The van der Waals surface area contributed by atoms with Crippen LogP contribution >= 0.6 is 0 Å². The van der Waals surface area contributed by atoms with Crippen LogP contribution in [-0.2, 0) is 4.79 Å². The van der Waals surface area contributed by atoms with Crippen LogP contribution in [0.3, 0.4) is 0 Å². The third-order valence-corrected chi connectivity index (χ3v) is 3.58. The van der Waals surface area contributed by atoms with Crippen molar-refractivity contribution >= 4 is 11.7 Å². The van der Waals surface area contributed by atoms with Crippen molar-refractivity contribution in [2.75, 3.05) is 5.32 Å². The summed E-state index contributed by atoms with van der Waals surface area (Å²) in [5.74, 6) is -0.674. The first-order valence-electron chi connectivity index (χ1n) is 6.56. The van der Waals surface area contributed by atoms with E-state index in [1.54, 1.807) is 12.1 Å². The number of carbonyl (C=O) groups is 1. The number of anilines is 1. The number of aliphatic carboxylic acids is 1. The number of nitriles is 1. The van der Waals surface area contributed by atoms with E-state index < -0.39 is 12.0 Å². The van der Waals surface area contributed by atoms with Crippen LogP contribution in [0, 0.1) is 17.2 Å². The lowest BCUT2D eigenvalue weighted by atomic mass is 9.84. The molecule has 0 radical (unpaired) electrons. The Balaban J connectivity index is 2.11. The van der Waals surface area contributed by atoms with Crippen molar-refractivity contribution < 1.29 is 9.90 Å². The number of hydrogen-bond acceptors (Lipinski definition) is 4. The fraction of sp³-hybridized carbons (Fsp3) is 0.500. The molecule has 5 heteroatoms. The van der Waals surface area contributed by atoms with E-state index >= 15 is 0 Å². The summed E-state index contributed by atoms with van der Waals surface area (Å²) < 4.78 is 0. The average Bonchev–Trinajstić information content (AvgIpc) is 2.45. The second-order valence-electron chi connectivity index (χ2n) is 4.90. The van der Waals surface area contributed by atoms with Crippen molar-refractivity contribution in [3.63, 3.8) is 0 Å². The topological polar surface area (TPSA) is 86.0 Å². The molecular formula is C14H17N3O2. The third kappa shape index (κ3) is 3.44. The van der Waals surface area contributed by atoms with E-state index in [-0.39, 0.29) is 11.6 Å². The summed E-state index contributed by atoms with van der Waals surface area (Å²) in [5.41, 5.74) is 0.933. The minimum absolute atomic E-state index is 0.157. The number of hydrogen-bond donors (Lipinski definition) is 2. The molecule has 0 spiro atoms. The predicted octanol–water partition coefficient (Wildman–Crippen LogP) is 2.40. The zero-order valence-corrected chi connectivity index (χ0v) is 10.7. The summed E-state index contributed by atoms with van der Waals surface area (Å²) in [7, 11) is 0. The van der Waals surface area contributed by atoms with Crippen LogP contribution in [0.1, 0.15) is 37.8 Å². The molecule has 0 aromatic carbocycles. The maximum absolute atomic E-state index is 11.4. The Morgan fingerprint density at radius 2 is 2.21 bits per heavy atom. The van der Waals surface area contributed by atoms with Crippen molar-refractivity contribution in [3.05, 3.63) is 24.0 Å². The first kappa shape index (κ1) is 13.3. The monoisotopic (exact) mass is 259 g/mol. The molecular weight excluding hydrogens is 242 g/mol. The molecule has 1 aliphatic carbocycles. The van der Waals surface area contributed by atoms with Gasteiger partial charge in [-0.05, 0) is 30.9 Å². The lowest BCUT2D eigenvalue weighted by Crippen LogP contribution is -2.38. The molecule has 1 aromatic heterocycles. The highest BCUT2D eigenvalue weighted by atomic mass is 16.4. The predicted molar refractivity (Wildman–Crippen MR) is 70.6 cm³/mol. The van der Waals surface area contributed by atoms with Crippen LogP contribution in [0.25, 0.3) is 0 Å². The third-order valence-electron chi connectivity index (χ3n) is 3.58. The molecule has 1 fully saturated rings. The zero-order valence-electron chi connectivity index (χ0n) is 10.7. The highest BCUT2D eigenvalue weighted by Gasteiger charge is 2.29. The lowest BCUT2D eigenvalue weighted by Gasteiger charge is -2.28. The van der Waals surface area contributed by atoms with Gasteiger partial charge >= 0.3 is 5.97 Å². The fourth-order valence-electron chi connectivity index (χ4n) is 2.61. The van der Waals surface area contributed by atoms with Crippen molar-refractivity contribution in [2.45, 2.75) is 38.1 Å². The molecule has 1 aromatic rings. The van der Waals surface area contributed by atoms with Gasteiger partial charge in [0.1, 0.15) is 17.8 Å². The average molecular weight is 259 g/mol. The van der Waals surface area contributed by atoms with Gasteiger partial charge in [0.25, 0.3) is 0 Å². The quantitative estimate of drug-likeness (QED) is 0.867. The smallest absolute Gasteiger partial charge is 0.326 e. The Labute approximate surface area is 112 Å². The highest BCUT2D eigenvalue weighted by Crippen LogP contribution is 2.28. The van der Waals surface area contributed by atoms with E-state index in [4.69, 9.17) is 5.26 Å². The van der Waals surface area contributed by atoms with E-state index in [9.17, 15) is 9.90 Å². The van der Waals surface area contributed by atoms with E-state index in [1.807, 2.05) is 6.07 Å². The molecule has 1 unspecified atom stereocenters. The first-order valence-corrected chi connectivity index (χ1v) is 6.56. The van der Waals surface area contributed by atoms with Crippen LogP contribution in [0.15, 0.2) is 18.3 Å². The number of aromatic nitrogens is 1. The molecule has 100 valence electrons. The van der Waals surface area contributed by atoms with Crippen molar-refractivity contribution in [1.82, 2.24) is 4.98 Å². The van der Waals surface area contributed by atoms with Crippen LogP contribution in [0.4, 0.5) is 5.69 Å². The summed E-state index contributed by atoms with van der Waals surface area (Å²) in [6.45, 7) is 0. The Bertz CT molecular complexity index is 490. The Hall–Kier alpha value is -2.09. The van der Waals surface area contributed by atoms with E-state index in [2.05, 4.69) is 10.3 Å². The minimum Gasteiger partial charge on any atom is -0.480 e. The number of carboxylic acid groups (broad SMARTS) is 1. The molecule has 2 rings (SSSR count). The van der Waals surface area contributed by atoms with E-state index in [1.165, 1.54) is 12.6 Å². The molecule has 0 saturated heterocycles. The van der Waals surface area contributed by atoms with Gasteiger partial charge in [0, 0.05) is 11.9 Å². The molecule has 1 aliphatic rings. The number of carboxylic acids is 1. The van der Waals surface area contributed by atoms with Crippen LogP contribution in [-0.4, -0.2) is 22.1 Å². The second-order valence-corrected chi connectivity index (χ2v) is 4.90. The van der Waals surface area contributed by atoms with Gasteiger partial charge in [0.05, 0.1) is 0 Å². The maximum Gasteiger partial charge on any atom is 0.326 e. The van der Waals surface area contributed by atoms with Crippen molar-refractivity contribution in [2.24, 2.45) is 5.92 Å². The molecule has 0 amide bonds. The summed E-state index contributed by atoms with van der Waals surface area (Å²) in [6, 6.07) is 4.64. The van der Waals surface area contributed by atoms with Gasteiger partial charge in [-0.2, -0.15) is 5.26 Å². The largest absolute Gasteiger partial charge is 0.480 e. The number of rotatable bonds is 4. The van der Waals surface area contributed by atoms with Gasteiger partial charge in [0.15, 0.2) is 0 Å². The van der Waals surface area contributed by atoms with Crippen LogP contribution in [0.2, 0.25) is 0 Å². The minimum atomic E-state index is -0.831. The number of nitrogens with one attached hydrogen (secondary N) is 1. The highest BCUT2D eigenvalue weighted by molar-refractivity contribution is 5.77. The summed E-state index contributed by atoms with van der Waals surface area (Å²) >= 11 is 0. The second kappa shape index (κ2) is 6.19. The molecule has 2 N–H and O–H groups in total. The van der Waals surface area contributed by atoms with E-state index in [0.29, 0.717) is 5.69 Å². The Morgan fingerprint density at radius 3 is 2.84 bits per heavy atom.